The minimum Gasteiger partial charge on any atom is -0.390 e. The molecular weight excluding hydrogens is 321 g/mol. The summed E-state index contributed by atoms with van der Waals surface area (Å²) in [6.07, 6.45) is 3.62. The van der Waals surface area contributed by atoms with Crippen molar-refractivity contribution in [2.75, 3.05) is 13.1 Å². The highest BCUT2D eigenvalue weighted by Gasteiger charge is 2.27. The number of carbonyl (C=O) groups excluding carboxylic acids is 1. The molecule has 1 amide bonds. The Morgan fingerprint density at radius 1 is 1.36 bits per heavy atom. The second-order valence-corrected chi connectivity index (χ2v) is 5.69. The Morgan fingerprint density at radius 3 is 2.96 bits per heavy atom. The van der Waals surface area contributed by atoms with E-state index in [1.807, 2.05) is 18.2 Å². The number of hydrogen-bond acceptors (Lipinski definition) is 4. The van der Waals surface area contributed by atoms with Crippen LogP contribution in [0.1, 0.15) is 22.5 Å². The monoisotopic (exact) mass is 339 g/mol. The molecule has 0 spiro atoms. The molecule has 25 heavy (non-hydrogen) atoms. The molecule has 1 aromatic carbocycles. The average Bonchev–Trinajstić information content (AvgIpc) is 3.10. The van der Waals surface area contributed by atoms with Crippen molar-refractivity contribution < 1.29 is 14.0 Å². The SMILES string of the molecule is C=CCN(C[C@H]1CC(c2ccccn2)=NO1)C(=O)c1cccc(F)c1. The van der Waals surface area contributed by atoms with Crippen molar-refractivity contribution in [3.05, 3.63) is 78.4 Å². The summed E-state index contributed by atoms with van der Waals surface area (Å²) in [5, 5.41) is 4.08. The summed E-state index contributed by atoms with van der Waals surface area (Å²) in [7, 11) is 0. The third kappa shape index (κ3) is 4.09. The maximum atomic E-state index is 13.4. The molecule has 0 aliphatic carbocycles. The highest BCUT2D eigenvalue weighted by atomic mass is 19.1. The summed E-state index contributed by atoms with van der Waals surface area (Å²) in [6.45, 7) is 4.36. The number of nitrogens with zero attached hydrogens (tertiary/aromatic N) is 3. The molecule has 2 aromatic rings. The molecule has 0 saturated carbocycles. The van der Waals surface area contributed by atoms with E-state index in [9.17, 15) is 9.18 Å². The fourth-order valence-corrected chi connectivity index (χ4v) is 2.66. The molecule has 128 valence electrons. The van der Waals surface area contributed by atoms with Gasteiger partial charge in [0.1, 0.15) is 11.5 Å². The molecule has 0 radical (unpaired) electrons. The summed E-state index contributed by atoms with van der Waals surface area (Å²) in [5.41, 5.74) is 1.81. The standard InChI is InChI=1S/C19H18FN3O2/c1-2-10-23(19(24)14-6-5-7-15(20)11-14)13-16-12-18(22-25-16)17-8-3-4-9-21-17/h2-9,11,16H,1,10,12-13H2/t16-/m1/s1. The van der Waals surface area contributed by atoms with E-state index in [1.165, 1.54) is 18.2 Å². The first-order chi connectivity index (χ1) is 12.2. The van der Waals surface area contributed by atoms with E-state index < -0.39 is 5.82 Å². The first-order valence-electron chi connectivity index (χ1n) is 7.97. The lowest BCUT2D eigenvalue weighted by atomic mass is 10.1. The van der Waals surface area contributed by atoms with Crippen LogP contribution in [0.5, 0.6) is 0 Å². The molecule has 1 aliphatic heterocycles. The van der Waals surface area contributed by atoms with Gasteiger partial charge in [0.05, 0.1) is 12.2 Å². The molecule has 3 rings (SSSR count). The van der Waals surface area contributed by atoms with Gasteiger partial charge < -0.3 is 9.74 Å². The fraction of sp³-hybridized carbons (Fsp3) is 0.211. The van der Waals surface area contributed by atoms with E-state index in [2.05, 4.69) is 16.7 Å². The maximum absolute atomic E-state index is 13.4. The van der Waals surface area contributed by atoms with Gasteiger partial charge >= 0.3 is 0 Å². The van der Waals surface area contributed by atoms with E-state index in [0.717, 1.165) is 11.4 Å². The second kappa shape index (κ2) is 7.70. The van der Waals surface area contributed by atoms with Gasteiger partial charge in [0.25, 0.3) is 5.91 Å². The lowest BCUT2D eigenvalue weighted by molar-refractivity contribution is 0.0449. The zero-order chi connectivity index (χ0) is 17.6. The largest absolute Gasteiger partial charge is 0.390 e. The topological polar surface area (TPSA) is 54.8 Å². The van der Waals surface area contributed by atoms with Crippen LogP contribution in [0.4, 0.5) is 4.39 Å². The van der Waals surface area contributed by atoms with Crippen LogP contribution < -0.4 is 0 Å². The zero-order valence-electron chi connectivity index (χ0n) is 13.6. The number of pyridine rings is 1. The maximum Gasteiger partial charge on any atom is 0.254 e. The number of benzene rings is 1. The molecule has 1 atom stereocenters. The average molecular weight is 339 g/mol. The lowest BCUT2D eigenvalue weighted by Gasteiger charge is -2.23. The minimum absolute atomic E-state index is 0.269. The van der Waals surface area contributed by atoms with Crippen molar-refractivity contribution in [3.63, 3.8) is 0 Å². The van der Waals surface area contributed by atoms with Crippen LogP contribution in [0.15, 0.2) is 66.5 Å². The van der Waals surface area contributed by atoms with Gasteiger partial charge in [-0.2, -0.15) is 0 Å². The van der Waals surface area contributed by atoms with E-state index in [-0.39, 0.29) is 12.0 Å². The zero-order valence-corrected chi connectivity index (χ0v) is 13.6. The van der Waals surface area contributed by atoms with Gasteiger partial charge in [-0.05, 0) is 30.3 Å². The molecule has 0 saturated heterocycles. The van der Waals surface area contributed by atoms with Crippen molar-refractivity contribution in [3.8, 4) is 0 Å². The summed E-state index contributed by atoms with van der Waals surface area (Å²) in [6, 6.07) is 11.2. The Labute approximate surface area is 145 Å². The van der Waals surface area contributed by atoms with Crippen molar-refractivity contribution in [1.29, 1.82) is 0 Å². The van der Waals surface area contributed by atoms with Gasteiger partial charge in [0.2, 0.25) is 0 Å². The van der Waals surface area contributed by atoms with Crippen LogP contribution in [-0.4, -0.2) is 40.7 Å². The van der Waals surface area contributed by atoms with Gasteiger partial charge in [-0.1, -0.05) is 23.4 Å². The summed E-state index contributed by atoms with van der Waals surface area (Å²) >= 11 is 0. The van der Waals surface area contributed by atoms with Crippen LogP contribution in [0.25, 0.3) is 0 Å². The molecule has 0 fully saturated rings. The number of halogens is 1. The quantitative estimate of drug-likeness (QED) is 0.760. The summed E-state index contributed by atoms with van der Waals surface area (Å²) < 4.78 is 13.4. The third-order valence-corrected chi connectivity index (χ3v) is 3.83. The molecule has 5 nitrogen and oxygen atoms in total. The predicted molar refractivity (Wildman–Crippen MR) is 92.8 cm³/mol. The first kappa shape index (κ1) is 16.8. The number of oxime groups is 1. The molecule has 6 heteroatoms. The third-order valence-electron chi connectivity index (χ3n) is 3.83. The molecule has 0 bridgehead atoms. The van der Waals surface area contributed by atoms with Gasteiger partial charge in [0, 0.05) is 24.7 Å². The van der Waals surface area contributed by atoms with Crippen molar-refractivity contribution in [1.82, 2.24) is 9.88 Å². The Balaban J connectivity index is 1.67. The predicted octanol–water partition coefficient (Wildman–Crippen LogP) is 3.04. The number of amides is 1. The van der Waals surface area contributed by atoms with Crippen LogP contribution in [0.2, 0.25) is 0 Å². The molecule has 0 N–H and O–H groups in total. The van der Waals surface area contributed by atoms with Gasteiger partial charge in [0.15, 0.2) is 6.10 Å². The second-order valence-electron chi connectivity index (χ2n) is 5.69. The van der Waals surface area contributed by atoms with E-state index in [4.69, 9.17) is 4.84 Å². The lowest BCUT2D eigenvalue weighted by Crippen LogP contribution is -2.37. The first-order valence-corrected chi connectivity index (χ1v) is 7.97. The highest BCUT2D eigenvalue weighted by molar-refractivity contribution is 5.99. The molecule has 0 unspecified atom stereocenters. The molecule has 1 aliphatic rings. The fourth-order valence-electron chi connectivity index (χ4n) is 2.66. The smallest absolute Gasteiger partial charge is 0.254 e. The Kier molecular flexibility index (Phi) is 5.18. The number of aromatic nitrogens is 1. The summed E-state index contributed by atoms with van der Waals surface area (Å²) in [4.78, 5) is 23.9. The van der Waals surface area contributed by atoms with Crippen LogP contribution in [0, 0.1) is 5.82 Å². The number of rotatable bonds is 6. The van der Waals surface area contributed by atoms with Crippen molar-refractivity contribution in [2.45, 2.75) is 12.5 Å². The normalized spacial score (nSPS) is 16.0. The van der Waals surface area contributed by atoms with Crippen molar-refractivity contribution >= 4 is 11.6 Å². The van der Waals surface area contributed by atoms with E-state index in [0.29, 0.717) is 25.1 Å². The summed E-state index contributed by atoms with van der Waals surface area (Å²) in [5.74, 6) is -0.712. The number of carbonyl (C=O) groups is 1. The Hall–Kier alpha value is -3.02. The van der Waals surface area contributed by atoms with E-state index in [1.54, 1.807) is 23.2 Å². The molecule has 1 aromatic heterocycles. The van der Waals surface area contributed by atoms with Crippen LogP contribution in [0.3, 0.4) is 0 Å². The van der Waals surface area contributed by atoms with Crippen molar-refractivity contribution in [2.24, 2.45) is 5.16 Å². The Morgan fingerprint density at radius 2 is 2.24 bits per heavy atom. The Bertz CT molecular complexity index is 792. The molecular formula is C19H18FN3O2. The number of hydrogen-bond donors (Lipinski definition) is 0. The van der Waals surface area contributed by atoms with E-state index >= 15 is 0 Å². The van der Waals surface area contributed by atoms with Gasteiger partial charge in [-0.15, -0.1) is 6.58 Å². The highest BCUT2D eigenvalue weighted by Crippen LogP contribution is 2.17. The van der Waals surface area contributed by atoms with Crippen LogP contribution in [-0.2, 0) is 4.84 Å². The van der Waals surface area contributed by atoms with Gasteiger partial charge in [-0.25, -0.2) is 4.39 Å². The molecule has 2 heterocycles. The van der Waals surface area contributed by atoms with Crippen LogP contribution >= 0.6 is 0 Å². The minimum atomic E-state index is -0.442. The van der Waals surface area contributed by atoms with Gasteiger partial charge in [-0.3, -0.25) is 9.78 Å².